The molecular formula is C19H26BrN3O3. The van der Waals surface area contributed by atoms with Gasteiger partial charge in [-0.2, -0.15) is 5.10 Å². The van der Waals surface area contributed by atoms with Crippen molar-refractivity contribution < 1.29 is 14.3 Å². The zero-order valence-corrected chi connectivity index (χ0v) is 17.1. The predicted octanol–water partition coefficient (Wildman–Crippen LogP) is 3.78. The lowest BCUT2D eigenvalue weighted by molar-refractivity contribution is 0.0453. The second kappa shape index (κ2) is 10.4. The lowest BCUT2D eigenvalue weighted by Crippen LogP contribution is -2.23. The highest BCUT2D eigenvalue weighted by atomic mass is 79.9. The molecule has 1 amide bonds. The molecule has 0 aliphatic rings. The molecule has 1 heterocycles. The summed E-state index contributed by atoms with van der Waals surface area (Å²) in [5.74, 6) is 0.0521. The normalized spacial score (nSPS) is 11.1. The van der Waals surface area contributed by atoms with E-state index in [0.29, 0.717) is 38.7 Å². The highest BCUT2D eigenvalue weighted by Crippen LogP contribution is 2.25. The van der Waals surface area contributed by atoms with Crippen LogP contribution in [-0.4, -0.2) is 35.9 Å². The minimum atomic E-state index is -0.210. The van der Waals surface area contributed by atoms with Crippen molar-refractivity contribution in [3.63, 3.8) is 0 Å². The van der Waals surface area contributed by atoms with Gasteiger partial charge in [0.15, 0.2) is 5.69 Å². The first-order valence-electron chi connectivity index (χ1n) is 8.78. The zero-order valence-electron chi connectivity index (χ0n) is 15.5. The lowest BCUT2D eigenvalue weighted by atomic mass is 10.1. The summed E-state index contributed by atoms with van der Waals surface area (Å²) in [6, 6.07) is 7.97. The molecule has 0 unspecified atom stereocenters. The molecule has 7 heteroatoms. The summed E-state index contributed by atoms with van der Waals surface area (Å²) >= 11 is 3.46. The van der Waals surface area contributed by atoms with Gasteiger partial charge in [0.25, 0.3) is 5.91 Å². The molecule has 0 aliphatic heterocycles. The fourth-order valence-corrected chi connectivity index (χ4v) is 3.24. The predicted molar refractivity (Wildman–Crippen MR) is 104 cm³/mol. The minimum absolute atomic E-state index is 0.210. The third kappa shape index (κ3) is 5.93. The topological polar surface area (TPSA) is 76.2 Å². The Kier molecular flexibility index (Phi) is 8.28. The van der Waals surface area contributed by atoms with E-state index in [-0.39, 0.29) is 11.8 Å². The minimum Gasteiger partial charge on any atom is -0.379 e. The van der Waals surface area contributed by atoms with E-state index in [1.165, 1.54) is 0 Å². The Morgan fingerprint density at radius 3 is 2.69 bits per heavy atom. The number of carbonyl (C=O) groups excluding carboxylic acids is 1. The van der Waals surface area contributed by atoms with Crippen LogP contribution in [0.25, 0.3) is 0 Å². The summed E-state index contributed by atoms with van der Waals surface area (Å²) in [5, 5.41) is 9.94. The molecule has 0 saturated carbocycles. The number of nitrogens with zero attached hydrogens (tertiary/aromatic N) is 1. The van der Waals surface area contributed by atoms with Crippen molar-refractivity contribution in [2.45, 2.75) is 39.8 Å². The number of benzene rings is 1. The van der Waals surface area contributed by atoms with Crippen molar-refractivity contribution in [3.8, 4) is 0 Å². The summed E-state index contributed by atoms with van der Waals surface area (Å²) in [5.41, 5.74) is 3.38. The number of H-pyrrole nitrogens is 1. The maximum atomic E-state index is 12.4. The van der Waals surface area contributed by atoms with Gasteiger partial charge in [0.1, 0.15) is 0 Å². The zero-order chi connectivity index (χ0) is 18.9. The van der Waals surface area contributed by atoms with E-state index in [1.807, 2.05) is 45.0 Å². The van der Waals surface area contributed by atoms with E-state index in [1.54, 1.807) is 0 Å². The molecule has 6 nitrogen and oxygen atoms in total. The first-order chi connectivity index (χ1) is 12.5. The molecule has 0 spiro atoms. The van der Waals surface area contributed by atoms with Crippen LogP contribution < -0.4 is 5.32 Å². The van der Waals surface area contributed by atoms with Crippen LogP contribution in [0, 0.1) is 0 Å². The molecule has 0 saturated heterocycles. The number of aromatic amines is 1. The molecule has 2 rings (SSSR count). The first kappa shape index (κ1) is 20.6. The van der Waals surface area contributed by atoms with Gasteiger partial charge in [-0.15, -0.1) is 0 Å². The smallest absolute Gasteiger partial charge is 0.273 e. The largest absolute Gasteiger partial charge is 0.379 e. The number of carbonyl (C=O) groups is 1. The molecule has 0 radical (unpaired) electrons. The van der Waals surface area contributed by atoms with Crippen LogP contribution >= 0.6 is 15.9 Å². The van der Waals surface area contributed by atoms with Gasteiger partial charge in [0, 0.05) is 13.2 Å². The van der Waals surface area contributed by atoms with E-state index < -0.39 is 0 Å². The molecule has 2 N–H and O–H groups in total. The Morgan fingerprint density at radius 1 is 1.27 bits per heavy atom. The Bertz CT molecular complexity index is 716. The Hall–Kier alpha value is -1.70. The summed E-state index contributed by atoms with van der Waals surface area (Å²) in [4.78, 5) is 12.4. The summed E-state index contributed by atoms with van der Waals surface area (Å²) < 4.78 is 11.5. The Balaban J connectivity index is 1.87. The Morgan fingerprint density at radius 2 is 2.00 bits per heavy atom. The molecule has 2 aromatic rings. The maximum absolute atomic E-state index is 12.4. The molecule has 0 fully saturated rings. The van der Waals surface area contributed by atoms with Crippen LogP contribution in [-0.2, 0) is 22.6 Å². The van der Waals surface area contributed by atoms with E-state index >= 15 is 0 Å². The van der Waals surface area contributed by atoms with E-state index in [2.05, 4.69) is 31.4 Å². The van der Waals surface area contributed by atoms with E-state index in [0.717, 1.165) is 21.3 Å². The first-order valence-corrected chi connectivity index (χ1v) is 9.57. The lowest BCUT2D eigenvalue weighted by Gasteiger charge is -2.08. The second-order valence-corrected chi connectivity index (χ2v) is 7.00. The number of halogens is 1. The van der Waals surface area contributed by atoms with Crippen molar-refractivity contribution in [2.75, 3.05) is 19.8 Å². The average molecular weight is 424 g/mol. The van der Waals surface area contributed by atoms with Crippen LogP contribution in [0.3, 0.4) is 0 Å². The van der Waals surface area contributed by atoms with Gasteiger partial charge in [-0.05, 0) is 39.9 Å². The van der Waals surface area contributed by atoms with E-state index in [4.69, 9.17) is 9.47 Å². The monoisotopic (exact) mass is 423 g/mol. The SMILES string of the molecule is CCOCCOCc1cccc(CNC(=O)c2n[nH]c(C(C)C)c2Br)c1. The van der Waals surface area contributed by atoms with E-state index in [9.17, 15) is 4.79 Å². The van der Waals surface area contributed by atoms with Gasteiger partial charge in [0.05, 0.1) is 30.0 Å². The van der Waals surface area contributed by atoms with Crippen molar-refractivity contribution >= 4 is 21.8 Å². The van der Waals surface area contributed by atoms with Crippen LogP contribution in [0.2, 0.25) is 0 Å². The van der Waals surface area contributed by atoms with Crippen LogP contribution in [0.1, 0.15) is 54.0 Å². The van der Waals surface area contributed by atoms with Crippen molar-refractivity contribution in [3.05, 3.63) is 51.3 Å². The van der Waals surface area contributed by atoms with Crippen LogP contribution in [0.15, 0.2) is 28.7 Å². The fourth-order valence-electron chi connectivity index (χ4n) is 2.42. The number of hydrogen-bond donors (Lipinski definition) is 2. The van der Waals surface area contributed by atoms with Gasteiger partial charge >= 0.3 is 0 Å². The summed E-state index contributed by atoms with van der Waals surface area (Å²) in [6.45, 7) is 8.87. The molecule has 1 aromatic carbocycles. The number of rotatable bonds is 10. The van der Waals surface area contributed by atoms with Gasteiger partial charge < -0.3 is 14.8 Å². The maximum Gasteiger partial charge on any atom is 0.273 e. The molecule has 0 atom stereocenters. The van der Waals surface area contributed by atoms with Gasteiger partial charge in [0.2, 0.25) is 0 Å². The highest BCUT2D eigenvalue weighted by molar-refractivity contribution is 9.10. The molecule has 1 aromatic heterocycles. The Labute approximate surface area is 162 Å². The fraction of sp³-hybridized carbons (Fsp3) is 0.474. The third-order valence-corrected chi connectivity index (χ3v) is 4.62. The molecular weight excluding hydrogens is 398 g/mol. The third-order valence-electron chi connectivity index (χ3n) is 3.81. The average Bonchev–Trinajstić information content (AvgIpc) is 3.02. The van der Waals surface area contributed by atoms with Crippen molar-refractivity contribution in [2.24, 2.45) is 0 Å². The molecule has 26 heavy (non-hydrogen) atoms. The number of hydrogen-bond acceptors (Lipinski definition) is 4. The molecule has 0 aliphatic carbocycles. The summed E-state index contributed by atoms with van der Waals surface area (Å²) in [7, 11) is 0. The van der Waals surface area contributed by atoms with Gasteiger partial charge in [-0.3, -0.25) is 9.89 Å². The second-order valence-electron chi connectivity index (χ2n) is 6.21. The van der Waals surface area contributed by atoms with Gasteiger partial charge in [-0.25, -0.2) is 0 Å². The van der Waals surface area contributed by atoms with Crippen molar-refractivity contribution in [1.82, 2.24) is 15.5 Å². The number of aromatic nitrogens is 2. The van der Waals surface area contributed by atoms with Crippen molar-refractivity contribution in [1.29, 1.82) is 0 Å². The standard InChI is InChI=1S/C19H26BrN3O3/c1-4-25-8-9-26-12-15-7-5-6-14(10-15)11-21-19(24)18-16(20)17(13(2)3)22-23-18/h5-7,10,13H,4,8-9,11-12H2,1-3H3,(H,21,24)(H,22,23). The molecule has 0 bridgehead atoms. The van der Waals surface area contributed by atoms with Gasteiger partial charge in [-0.1, -0.05) is 38.1 Å². The molecule has 142 valence electrons. The van der Waals surface area contributed by atoms with Crippen LogP contribution in [0.5, 0.6) is 0 Å². The number of amides is 1. The summed E-state index contributed by atoms with van der Waals surface area (Å²) in [6.07, 6.45) is 0. The quantitative estimate of drug-likeness (QED) is 0.570. The number of ether oxygens (including phenoxy) is 2. The van der Waals surface area contributed by atoms with Crippen LogP contribution in [0.4, 0.5) is 0 Å². The highest BCUT2D eigenvalue weighted by Gasteiger charge is 2.18. The number of nitrogens with one attached hydrogen (secondary N) is 2.